The number of pyridine rings is 1. The molecule has 0 amide bonds. The van der Waals surface area contributed by atoms with E-state index in [1.54, 1.807) is 16.7 Å². The van der Waals surface area contributed by atoms with Crippen LogP contribution >= 0.6 is 11.8 Å². The van der Waals surface area contributed by atoms with Crippen molar-refractivity contribution in [2.24, 2.45) is 0 Å². The summed E-state index contributed by atoms with van der Waals surface area (Å²) in [6, 6.07) is 10.4. The molecular weight excluding hydrogens is 412 g/mol. The number of hydrogen-bond acceptors (Lipinski definition) is 5. The largest absolute Gasteiger partial charge is 0.483 e. The van der Waals surface area contributed by atoms with Gasteiger partial charge in [-0.05, 0) is 44.2 Å². The number of imidazole rings is 1. The lowest BCUT2D eigenvalue weighted by Gasteiger charge is -2.33. The van der Waals surface area contributed by atoms with Gasteiger partial charge in [-0.15, -0.1) is 0 Å². The van der Waals surface area contributed by atoms with E-state index in [-0.39, 0.29) is 12.0 Å². The third kappa shape index (κ3) is 4.95. The number of thioether (sulfide) groups is 1. The Morgan fingerprint density at radius 1 is 1.26 bits per heavy atom. The number of rotatable bonds is 6. The number of carbonyl (C=O) groups is 1. The molecule has 3 heterocycles. The van der Waals surface area contributed by atoms with Gasteiger partial charge in [0.15, 0.2) is 0 Å². The van der Waals surface area contributed by atoms with E-state index in [0.717, 1.165) is 42.9 Å². The molecule has 8 heteroatoms. The maximum atomic E-state index is 12.1. The van der Waals surface area contributed by atoms with Gasteiger partial charge in [-0.1, -0.05) is 6.07 Å². The minimum absolute atomic E-state index is 0.0438. The molecule has 4 rings (SSSR count). The molecule has 7 nitrogen and oxygen atoms in total. The molecule has 0 bridgehead atoms. The van der Waals surface area contributed by atoms with Gasteiger partial charge in [0.1, 0.15) is 5.82 Å². The summed E-state index contributed by atoms with van der Waals surface area (Å²) in [7, 11) is 2.18. The molecule has 0 radical (unpaired) electrons. The molecule has 1 aromatic carbocycles. The maximum Gasteiger partial charge on any atom is 0.290 e. The molecule has 31 heavy (non-hydrogen) atoms. The first-order chi connectivity index (χ1) is 15.0. The van der Waals surface area contributed by atoms with E-state index < -0.39 is 0 Å². The van der Waals surface area contributed by atoms with Crippen LogP contribution in [0.1, 0.15) is 24.7 Å². The number of aromatic nitrogens is 3. The maximum absolute atomic E-state index is 12.1. The molecule has 0 aliphatic carbocycles. The number of aryl methyl sites for hydroxylation is 4. The molecule has 0 saturated carbocycles. The Labute approximate surface area is 186 Å². The van der Waals surface area contributed by atoms with Crippen molar-refractivity contribution < 1.29 is 9.90 Å². The van der Waals surface area contributed by atoms with Gasteiger partial charge in [-0.2, -0.15) is 11.8 Å². The first kappa shape index (κ1) is 22.9. The van der Waals surface area contributed by atoms with Gasteiger partial charge in [0, 0.05) is 61.9 Å². The van der Waals surface area contributed by atoms with Crippen molar-refractivity contribution in [1.29, 1.82) is 0 Å². The Hall–Kier alpha value is -2.74. The fourth-order valence-electron chi connectivity index (χ4n) is 4.13. The summed E-state index contributed by atoms with van der Waals surface area (Å²) in [5, 5.41) is 6.89. The van der Waals surface area contributed by atoms with Crippen LogP contribution in [0.5, 0.6) is 0 Å². The van der Waals surface area contributed by atoms with Crippen molar-refractivity contribution in [2.45, 2.75) is 45.3 Å². The molecule has 1 aliphatic heterocycles. The summed E-state index contributed by atoms with van der Waals surface area (Å²) in [6.07, 6.45) is 6.99. The van der Waals surface area contributed by atoms with Crippen LogP contribution in [-0.2, 0) is 30.7 Å². The molecule has 1 unspecified atom stereocenters. The Balaban J connectivity index is 0.000000858. The lowest BCUT2D eigenvalue weighted by atomic mass is 9.96. The van der Waals surface area contributed by atoms with E-state index in [4.69, 9.17) is 14.9 Å². The smallest absolute Gasteiger partial charge is 0.290 e. The Kier molecular flexibility index (Phi) is 7.79. The summed E-state index contributed by atoms with van der Waals surface area (Å²) in [5.41, 5.74) is 5.10. The quantitative estimate of drug-likeness (QED) is 0.590. The number of benzene rings is 1. The topological polar surface area (TPSA) is 80.4 Å². The minimum atomic E-state index is -0.250. The fourth-order valence-corrected chi connectivity index (χ4v) is 4.50. The highest BCUT2D eigenvalue weighted by molar-refractivity contribution is 7.98. The third-order valence-corrected chi connectivity index (χ3v) is 6.52. The van der Waals surface area contributed by atoms with E-state index >= 15 is 0 Å². The first-order valence-corrected chi connectivity index (χ1v) is 11.9. The van der Waals surface area contributed by atoms with Gasteiger partial charge < -0.3 is 19.1 Å². The standard InChI is InChI=1S/C22H28N4OS.CH2O2/c1-16-7-8-17-18(24(16)2)9-10-19-22(17)23-20(26(19)14-15-28-3)11-13-25-12-5-4-6-21(25)27;2-1-3/h4-6,9-10,12,16H,7-8,11,13-15H2,1-3H3;1H,(H,2,3). The Morgan fingerprint density at radius 2 is 2.03 bits per heavy atom. The van der Waals surface area contributed by atoms with Crippen molar-refractivity contribution in [2.75, 3.05) is 24.0 Å². The van der Waals surface area contributed by atoms with Crippen molar-refractivity contribution >= 4 is 35.0 Å². The molecule has 0 fully saturated rings. The molecule has 0 saturated heterocycles. The fraction of sp³-hybridized carbons (Fsp3) is 0.435. The van der Waals surface area contributed by atoms with Crippen molar-refractivity contribution in [3.05, 3.63) is 58.3 Å². The average molecular weight is 443 g/mol. The second kappa shape index (κ2) is 10.5. The number of anilines is 1. The molecule has 1 atom stereocenters. The second-order valence-corrected chi connectivity index (χ2v) is 8.68. The summed E-state index contributed by atoms with van der Waals surface area (Å²) in [5.74, 6) is 2.13. The van der Waals surface area contributed by atoms with Gasteiger partial charge in [0.2, 0.25) is 0 Å². The average Bonchev–Trinajstić information content (AvgIpc) is 3.12. The number of fused-ring (bicyclic) bond motifs is 3. The van der Waals surface area contributed by atoms with Crippen LogP contribution < -0.4 is 10.5 Å². The Morgan fingerprint density at radius 3 is 2.74 bits per heavy atom. The molecule has 1 aliphatic rings. The highest BCUT2D eigenvalue weighted by Crippen LogP contribution is 2.35. The summed E-state index contributed by atoms with van der Waals surface area (Å²) >= 11 is 1.85. The summed E-state index contributed by atoms with van der Waals surface area (Å²) < 4.78 is 4.13. The lowest BCUT2D eigenvalue weighted by molar-refractivity contribution is -0.122. The third-order valence-electron chi connectivity index (χ3n) is 5.93. The number of carboxylic acid groups (broad SMARTS) is 1. The van der Waals surface area contributed by atoms with Gasteiger partial charge in [-0.3, -0.25) is 9.59 Å². The van der Waals surface area contributed by atoms with E-state index in [0.29, 0.717) is 12.6 Å². The van der Waals surface area contributed by atoms with E-state index in [1.807, 2.05) is 24.0 Å². The zero-order chi connectivity index (χ0) is 22.4. The zero-order valence-corrected chi connectivity index (χ0v) is 19.1. The van der Waals surface area contributed by atoms with Crippen molar-refractivity contribution in [3.63, 3.8) is 0 Å². The van der Waals surface area contributed by atoms with Crippen LogP contribution in [0.25, 0.3) is 11.0 Å². The monoisotopic (exact) mass is 442 g/mol. The Bertz CT molecular complexity index is 1090. The molecular formula is C23H30N4O3S. The lowest BCUT2D eigenvalue weighted by Crippen LogP contribution is -2.33. The second-order valence-electron chi connectivity index (χ2n) is 7.69. The van der Waals surface area contributed by atoms with Crippen molar-refractivity contribution in [1.82, 2.24) is 14.1 Å². The van der Waals surface area contributed by atoms with Gasteiger partial charge in [0.25, 0.3) is 12.0 Å². The zero-order valence-electron chi connectivity index (χ0n) is 18.3. The minimum Gasteiger partial charge on any atom is -0.483 e. The SMILES string of the molecule is CSCCn1c(CCn2ccccc2=O)nc2c3c(ccc21)N(C)C(C)CC3.O=CO. The predicted molar refractivity (Wildman–Crippen MR) is 127 cm³/mol. The predicted octanol–water partition coefficient (Wildman–Crippen LogP) is 3.28. The van der Waals surface area contributed by atoms with E-state index in [9.17, 15) is 4.79 Å². The van der Waals surface area contributed by atoms with Crippen LogP contribution in [0.3, 0.4) is 0 Å². The number of hydrogen-bond donors (Lipinski definition) is 1. The van der Waals surface area contributed by atoms with E-state index in [1.165, 1.54) is 16.8 Å². The van der Waals surface area contributed by atoms with Crippen LogP contribution in [0.2, 0.25) is 0 Å². The summed E-state index contributed by atoms with van der Waals surface area (Å²) in [4.78, 5) is 27.9. The normalized spacial score (nSPS) is 15.3. The number of nitrogens with zero attached hydrogens (tertiary/aromatic N) is 4. The van der Waals surface area contributed by atoms with Crippen LogP contribution in [0, 0.1) is 0 Å². The highest BCUT2D eigenvalue weighted by atomic mass is 32.2. The van der Waals surface area contributed by atoms with Crippen molar-refractivity contribution in [3.8, 4) is 0 Å². The highest BCUT2D eigenvalue weighted by Gasteiger charge is 2.24. The first-order valence-electron chi connectivity index (χ1n) is 10.5. The van der Waals surface area contributed by atoms with Gasteiger partial charge in [-0.25, -0.2) is 4.98 Å². The molecule has 3 aromatic rings. The molecule has 2 aromatic heterocycles. The van der Waals surface area contributed by atoms with Gasteiger partial charge in [0.05, 0.1) is 11.0 Å². The van der Waals surface area contributed by atoms with Gasteiger partial charge >= 0.3 is 0 Å². The molecule has 166 valence electrons. The summed E-state index contributed by atoms with van der Waals surface area (Å²) in [6.45, 7) is 3.64. The van der Waals surface area contributed by atoms with Crippen LogP contribution in [-0.4, -0.2) is 50.8 Å². The molecule has 0 spiro atoms. The molecule has 1 N–H and O–H groups in total. The van der Waals surface area contributed by atoms with Crippen LogP contribution in [0.15, 0.2) is 41.3 Å². The van der Waals surface area contributed by atoms with E-state index in [2.05, 4.69) is 41.8 Å². The van der Waals surface area contributed by atoms with Crippen LogP contribution in [0.4, 0.5) is 5.69 Å².